The molecule has 10 heteroatoms. The number of rotatable bonds is 12. The highest BCUT2D eigenvalue weighted by Crippen LogP contribution is 2.27. The first-order chi connectivity index (χ1) is 11.4. The maximum atomic E-state index is 11.3. The summed E-state index contributed by atoms with van der Waals surface area (Å²) in [7, 11) is -8.20. The van der Waals surface area contributed by atoms with Crippen LogP contribution in [-0.4, -0.2) is 46.3 Å². The van der Waals surface area contributed by atoms with Gasteiger partial charge in [0.15, 0.2) is 16.6 Å². The van der Waals surface area contributed by atoms with E-state index in [1.165, 1.54) is 0 Å². The molecule has 0 rings (SSSR count). The van der Waals surface area contributed by atoms with E-state index in [0.717, 1.165) is 6.04 Å². The molecule has 1 unspecified atom stereocenters. The molecule has 0 bridgehead atoms. The number of hydrogen-bond donors (Lipinski definition) is 0. The molecule has 6 nitrogen and oxygen atoms in total. The van der Waals surface area contributed by atoms with Crippen LogP contribution in [0.5, 0.6) is 0 Å². The van der Waals surface area contributed by atoms with E-state index >= 15 is 0 Å². The molecule has 0 radical (unpaired) electrons. The van der Waals surface area contributed by atoms with E-state index in [9.17, 15) is 4.79 Å². The van der Waals surface area contributed by atoms with Crippen LogP contribution in [-0.2, 0) is 26.9 Å². The molecular formula is C16H38O6Si4. The Kier molecular flexibility index (Phi) is 9.88. The largest absolute Gasteiger partial charge is 0.437 e. The van der Waals surface area contributed by atoms with Gasteiger partial charge in [-0.3, -0.25) is 4.89 Å². The van der Waals surface area contributed by atoms with Gasteiger partial charge in [-0.05, 0) is 78.3 Å². The van der Waals surface area contributed by atoms with Crippen LogP contribution in [0.1, 0.15) is 13.3 Å². The van der Waals surface area contributed by atoms with Crippen molar-refractivity contribution in [1.82, 2.24) is 0 Å². The zero-order chi connectivity index (χ0) is 20.8. The summed E-state index contributed by atoms with van der Waals surface area (Å²) >= 11 is 0. The first kappa shape index (κ1) is 25.9. The molecule has 1 atom stereocenters. The molecule has 0 saturated heterocycles. The molecule has 0 N–H and O–H groups in total. The van der Waals surface area contributed by atoms with Crippen LogP contribution in [0.2, 0.25) is 65.0 Å². The highest BCUT2D eigenvalue weighted by molar-refractivity contribution is 6.89. The Labute approximate surface area is 163 Å². The Morgan fingerprint density at radius 1 is 0.846 bits per heavy atom. The molecule has 26 heavy (non-hydrogen) atoms. The fourth-order valence-electron chi connectivity index (χ4n) is 2.67. The second kappa shape index (κ2) is 9.91. The van der Waals surface area contributed by atoms with Crippen LogP contribution in [0.25, 0.3) is 0 Å². The molecule has 0 aliphatic rings. The second-order valence-corrected chi connectivity index (χ2v) is 25.6. The fourth-order valence-corrected chi connectivity index (χ4v) is 20.6. The third kappa shape index (κ3) is 13.1. The monoisotopic (exact) mass is 438 g/mol. The van der Waals surface area contributed by atoms with Crippen LogP contribution in [0.3, 0.4) is 0 Å². The van der Waals surface area contributed by atoms with Crippen molar-refractivity contribution in [2.24, 2.45) is 0 Å². The van der Waals surface area contributed by atoms with Crippen molar-refractivity contribution in [3.8, 4) is 0 Å². The van der Waals surface area contributed by atoms with Crippen LogP contribution in [0.4, 0.5) is 0 Å². The van der Waals surface area contributed by atoms with Crippen LogP contribution in [0.15, 0.2) is 12.2 Å². The lowest BCUT2D eigenvalue weighted by Crippen LogP contribution is -2.56. The van der Waals surface area contributed by atoms with E-state index < -0.39 is 39.7 Å². The Morgan fingerprint density at radius 2 is 1.35 bits per heavy atom. The molecule has 0 heterocycles. The van der Waals surface area contributed by atoms with Gasteiger partial charge in [0, 0.05) is 5.57 Å². The molecule has 0 amide bonds. The molecule has 0 aromatic heterocycles. The van der Waals surface area contributed by atoms with Gasteiger partial charge in [0.1, 0.15) is 0 Å². The lowest BCUT2D eigenvalue weighted by molar-refractivity contribution is -0.268. The topological polar surface area (TPSA) is 63.2 Å². The van der Waals surface area contributed by atoms with Crippen molar-refractivity contribution < 1.29 is 26.9 Å². The van der Waals surface area contributed by atoms with Crippen LogP contribution in [0, 0.1) is 0 Å². The van der Waals surface area contributed by atoms with Gasteiger partial charge in [0.05, 0.1) is 6.61 Å². The molecule has 0 aromatic rings. The van der Waals surface area contributed by atoms with Crippen molar-refractivity contribution in [2.75, 3.05) is 6.61 Å². The molecule has 0 aliphatic carbocycles. The number of carbonyl (C=O) groups is 1. The standard InChI is InChI=1S/C16H38O6Si4/c1-15(2)16(17)19-18-13-12-14-26(11,21-24(6,7)8)22-25(9,10)20-23(3,4)5/h1,12-14H2,2-11H3. The van der Waals surface area contributed by atoms with Gasteiger partial charge in [0.2, 0.25) is 0 Å². The van der Waals surface area contributed by atoms with E-state index in [-0.39, 0.29) is 0 Å². The average Bonchev–Trinajstić information content (AvgIpc) is 2.31. The summed E-state index contributed by atoms with van der Waals surface area (Å²) in [6.07, 6.45) is 0.689. The summed E-state index contributed by atoms with van der Waals surface area (Å²) in [5.41, 5.74) is 0.311. The smallest absolute Gasteiger partial charge is 0.368 e. The van der Waals surface area contributed by atoms with Gasteiger partial charge in [0.25, 0.3) is 0 Å². The lowest BCUT2D eigenvalue weighted by Gasteiger charge is -2.41. The summed E-state index contributed by atoms with van der Waals surface area (Å²) in [6.45, 7) is 24.7. The molecule has 0 aromatic carbocycles. The first-order valence-corrected chi connectivity index (χ1v) is 21.2. The third-order valence-electron chi connectivity index (χ3n) is 2.88. The zero-order valence-corrected chi connectivity index (χ0v) is 22.3. The minimum absolute atomic E-state index is 0.302. The van der Waals surface area contributed by atoms with Gasteiger partial charge < -0.3 is 12.3 Å². The third-order valence-corrected chi connectivity index (χ3v) is 16.4. The summed E-state index contributed by atoms with van der Waals surface area (Å²) in [5.74, 6) is -0.545. The highest BCUT2D eigenvalue weighted by Gasteiger charge is 2.44. The van der Waals surface area contributed by atoms with Crippen LogP contribution >= 0.6 is 0 Å². The summed E-state index contributed by atoms with van der Waals surface area (Å²) in [4.78, 5) is 21.0. The molecule has 0 aliphatic heterocycles. The van der Waals surface area contributed by atoms with Gasteiger partial charge in [-0.25, -0.2) is 4.79 Å². The SMILES string of the molecule is C=C(C)C(=O)OOCCC[Si](C)(O[Si](C)(C)C)O[Si](C)(C)O[Si](C)(C)C. The van der Waals surface area contributed by atoms with Crippen molar-refractivity contribution >= 4 is 39.7 Å². The number of hydrogen-bond acceptors (Lipinski definition) is 6. The maximum Gasteiger partial charge on any atom is 0.368 e. The quantitative estimate of drug-likeness (QED) is 0.142. The van der Waals surface area contributed by atoms with Crippen molar-refractivity contribution in [3.05, 3.63) is 12.2 Å². The van der Waals surface area contributed by atoms with E-state index in [0.29, 0.717) is 18.6 Å². The molecule has 154 valence electrons. The molecule has 0 spiro atoms. The Hall–Kier alpha value is -0.0825. The average molecular weight is 439 g/mol. The second-order valence-electron chi connectivity index (χ2n) is 9.14. The Bertz CT molecular complexity index is 484. The van der Waals surface area contributed by atoms with Gasteiger partial charge in [-0.15, -0.1) is 0 Å². The van der Waals surface area contributed by atoms with Crippen molar-refractivity contribution in [2.45, 2.75) is 78.3 Å². The predicted octanol–water partition coefficient (Wildman–Crippen LogP) is 4.92. The van der Waals surface area contributed by atoms with E-state index in [1.807, 2.05) is 0 Å². The summed E-state index contributed by atoms with van der Waals surface area (Å²) in [5, 5.41) is 0. The molecule has 0 saturated carbocycles. The normalized spacial score (nSPS) is 15.5. The van der Waals surface area contributed by atoms with Crippen molar-refractivity contribution in [1.29, 1.82) is 0 Å². The summed E-state index contributed by atoms with van der Waals surface area (Å²) < 4.78 is 19.4. The molecule has 0 fully saturated rings. The lowest BCUT2D eigenvalue weighted by atomic mass is 10.4. The Balaban J connectivity index is 4.83. The highest BCUT2D eigenvalue weighted by atomic mass is 28.5. The van der Waals surface area contributed by atoms with Crippen molar-refractivity contribution in [3.63, 3.8) is 0 Å². The fraction of sp³-hybridized carbons (Fsp3) is 0.812. The number of carbonyl (C=O) groups excluding carboxylic acids is 1. The van der Waals surface area contributed by atoms with E-state index in [2.05, 4.69) is 70.4 Å². The van der Waals surface area contributed by atoms with E-state index in [4.69, 9.17) is 17.2 Å². The minimum atomic E-state index is -2.44. The van der Waals surface area contributed by atoms with Gasteiger partial charge >= 0.3 is 23.1 Å². The Morgan fingerprint density at radius 3 is 1.77 bits per heavy atom. The maximum absolute atomic E-state index is 11.3. The summed E-state index contributed by atoms with van der Waals surface area (Å²) in [6, 6.07) is 0.757. The predicted molar refractivity (Wildman–Crippen MR) is 115 cm³/mol. The first-order valence-electron chi connectivity index (χ1n) is 9.05. The van der Waals surface area contributed by atoms with E-state index in [1.54, 1.807) is 6.92 Å². The zero-order valence-electron chi connectivity index (χ0n) is 18.3. The van der Waals surface area contributed by atoms with Gasteiger partial charge in [-0.1, -0.05) is 6.58 Å². The van der Waals surface area contributed by atoms with Crippen LogP contribution < -0.4 is 0 Å². The van der Waals surface area contributed by atoms with Gasteiger partial charge in [-0.2, -0.15) is 4.89 Å². The molecular weight excluding hydrogens is 401 g/mol. The minimum Gasteiger partial charge on any atom is -0.437 e.